The SMILES string of the molecule is CCC1(C)CN(CC2CCCO2)CCCN1. The van der Waals surface area contributed by atoms with Crippen LogP contribution in [0.5, 0.6) is 0 Å². The van der Waals surface area contributed by atoms with Gasteiger partial charge in [0.25, 0.3) is 0 Å². The van der Waals surface area contributed by atoms with E-state index in [4.69, 9.17) is 4.74 Å². The van der Waals surface area contributed by atoms with Gasteiger partial charge in [-0.25, -0.2) is 0 Å². The first-order valence-corrected chi connectivity index (χ1v) is 6.81. The molecule has 2 aliphatic heterocycles. The summed E-state index contributed by atoms with van der Waals surface area (Å²) >= 11 is 0. The average molecular weight is 226 g/mol. The van der Waals surface area contributed by atoms with Crippen molar-refractivity contribution in [3.05, 3.63) is 0 Å². The first-order chi connectivity index (χ1) is 7.72. The lowest BCUT2D eigenvalue weighted by molar-refractivity contribution is 0.0672. The van der Waals surface area contributed by atoms with Crippen molar-refractivity contribution in [2.45, 2.75) is 51.2 Å². The van der Waals surface area contributed by atoms with Crippen LogP contribution in [0.2, 0.25) is 0 Å². The second-order valence-electron chi connectivity index (χ2n) is 5.56. The van der Waals surface area contributed by atoms with Crippen molar-refractivity contribution in [2.75, 3.05) is 32.8 Å². The smallest absolute Gasteiger partial charge is 0.0702 e. The van der Waals surface area contributed by atoms with Gasteiger partial charge in [0, 0.05) is 25.2 Å². The number of hydrogen-bond donors (Lipinski definition) is 1. The summed E-state index contributed by atoms with van der Waals surface area (Å²) in [6, 6.07) is 0. The average Bonchev–Trinajstić information content (AvgIpc) is 2.69. The standard InChI is InChI=1S/C13H26N2O/c1-3-13(2)11-15(8-5-7-14-13)10-12-6-4-9-16-12/h12,14H,3-11H2,1-2H3. The highest BCUT2D eigenvalue weighted by atomic mass is 16.5. The third-order valence-electron chi connectivity index (χ3n) is 4.04. The molecule has 0 aromatic heterocycles. The highest BCUT2D eigenvalue weighted by Crippen LogP contribution is 2.18. The molecule has 2 aliphatic rings. The van der Waals surface area contributed by atoms with Gasteiger partial charge in [0.2, 0.25) is 0 Å². The van der Waals surface area contributed by atoms with Crippen molar-refractivity contribution >= 4 is 0 Å². The first kappa shape index (κ1) is 12.3. The van der Waals surface area contributed by atoms with E-state index in [2.05, 4.69) is 24.1 Å². The van der Waals surface area contributed by atoms with Crippen molar-refractivity contribution in [1.82, 2.24) is 10.2 Å². The van der Waals surface area contributed by atoms with Crippen LogP contribution in [0, 0.1) is 0 Å². The monoisotopic (exact) mass is 226 g/mol. The third-order valence-corrected chi connectivity index (χ3v) is 4.04. The Hall–Kier alpha value is -0.120. The minimum Gasteiger partial charge on any atom is -0.377 e. The van der Waals surface area contributed by atoms with Crippen LogP contribution >= 0.6 is 0 Å². The molecule has 1 N–H and O–H groups in total. The van der Waals surface area contributed by atoms with E-state index in [-0.39, 0.29) is 0 Å². The Morgan fingerprint density at radius 1 is 1.44 bits per heavy atom. The number of nitrogens with zero attached hydrogens (tertiary/aromatic N) is 1. The quantitative estimate of drug-likeness (QED) is 0.791. The third kappa shape index (κ3) is 3.19. The molecule has 2 heterocycles. The van der Waals surface area contributed by atoms with Crippen LogP contribution < -0.4 is 5.32 Å². The molecule has 0 saturated carbocycles. The van der Waals surface area contributed by atoms with Crippen LogP contribution in [-0.2, 0) is 4.74 Å². The van der Waals surface area contributed by atoms with Gasteiger partial charge in [-0.3, -0.25) is 4.90 Å². The molecule has 94 valence electrons. The molecule has 3 nitrogen and oxygen atoms in total. The Kier molecular flexibility index (Phi) is 4.22. The molecule has 0 aromatic carbocycles. The molecule has 0 bridgehead atoms. The predicted octanol–water partition coefficient (Wildman–Crippen LogP) is 1.63. The Morgan fingerprint density at radius 3 is 3.00 bits per heavy atom. The van der Waals surface area contributed by atoms with E-state index in [9.17, 15) is 0 Å². The highest BCUT2D eigenvalue weighted by Gasteiger charge is 2.29. The van der Waals surface area contributed by atoms with Crippen molar-refractivity contribution in [2.24, 2.45) is 0 Å². The highest BCUT2D eigenvalue weighted by molar-refractivity contribution is 4.88. The minimum atomic E-state index is 0.301. The zero-order valence-corrected chi connectivity index (χ0v) is 10.8. The summed E-state index contributed by atoms with van der Waals surface area (Å²) in [6.45, 7) is 10.3. The topological polar surface area (TPSA) is 24.5 Å². The summed E-state index contributed by atoms with van der Waals surface area (Å²) < 4.78 is 5.74. The van der Waals surface area contributed by atoms with Gasteiger partial charge in [-0.15, -0.1) is 0 Å². The summed E-state index contributed by atoms with van der Waals surface area (Å²) in [7, 11) is 0. The molecular weight excluding hydrogens is 200 g/mol. The Balaban J connectivity index is 1.87. The van der Waals surface area contributed by atoms with Gasteiger partial charge in [-0.05, 0) is 45.7 Å². The molecule has 0 amide bonds. The molecule has 16 heavy (non-hydrogen) atoms. The van der Waals surface area contributed by atoms with E-state index < -0.39 is 0 Å². The summed E-state index contributed by atoms with van der Waals surface area (Å²) in [5.41, 5.74) is 0.301. The number of nitrogens with one attached hydrogen (secondary N) is 1. The molecule has 2 unspecified atom stereocenters. The molecule has 0 radical (unpaired) electrons. The minimum absolute atomic E-state index is 0.301. The van der Waals surface area contributed by atoms with Crippen molar-refractivity contribution in [3.63, 3.8) is 0 Å². The lowest BCUT2D eigenvalue weighted by Crippen LogP contribution is -2.49. The van der Waals surface area contributed by atoms with Gasteiger partial charge < -0.3 is 10.1 Å². The molecule has 0 spiro atoms. The first-order valence-electron chi connectivity index (χ1n) is 6.81. The van der Waals surface area contributed by atoms with E-state index in [1.807, 2.05) is 0 Å². The Bertz CT molecular complexity index is 216. The second-order valence-corrected chi connectivity index (χ2v) is 5.56. The van der Waals surface area contributed by atoms with E-state index in [1.54, 1.807) is 0 Å². The van der Waals surface area contributed by atoms with Crippen molar-refractivity contribution in [1.29, 1.82) is 0 Å². The van der Waals surface area contributed by atoms with Crippen LogP contribution in [0.4, 0.5) is 0 Å². The fraction of sp³-hybridized carbons (Fsp3) is 1.00. The molecule has 2 atom stereocenters. The van der Waals surface area contributed by atoms with Gasteiger partial charge >= 0.3 is 0 Å². The molecule has 0 aromatic rings. The largest absolute Gasteiger partial charge is 0.377 e. The summed E-state index contributed by atoms with van der Waals surface area (Å²) in [5, 5.41) is 3.68. The fourth-order valence-corrected chi connectivity index (χ4v) is 2.79. The zero-order chi connectivity index (χ0) is 11.4. The normalized spacial score (nSPS) is 37.5. The maximum Gasteiger partial charge on any atom is 0.0702 e. The Labute approximate surface area is 99.5 Å². The van der Waals surface area contributed by atoms with E-state index in [0.717, 1.165) is 19.7 Å². The van der Waals surface area contributed by atoms with Gasteiger partial charge in [-0.1, -0.05) is 6.92 Å². The van der Waals surface area contributed by atoms with Gasteiger partial charge in [-0.2, -0.15) is 0 Å². The maximum atomic E-state index is 5.74. The van der Waals surface area contributed by atoms with E-state index in [1.165, 1.54) is 38.8 Å². The molecule has 0 aliphatic carbocycles. The number of rotatable bonds is 3. The number of ether oxygens (including phenoxy) is 1. The van der Waals surface area contributed by atoms with E-state index in [0.29, 0.717) is 11.6 Å². The second kappa shape index (κ2) is 5.48. The van der Waals surface area contributed by atoms with Crippen LogP contribution in [0.3, 0.4) is 0 Å². The lowest BCUT2D eigenvalue weighted by Gasteiger charge is -2.33. The summed E-state index contributed by atoms with van der Waals surface area (Å²) in [4.78, 5) is 2.60. The summed E-state index contributed by atoms with van der Waals surface area (Å²) in [5.74, 6) is 0. The van der Waals surface area contributed by atoms with Crippen LogP contribution in [-0.4, -0.2) is 49.3 Å². The zero-order valence-electron chi connectivity index (χ0n) is 10.8. The van der Waals surface area contributed by atoms with Gasteiger partial charge in [0.1, 0.15) is 0 Å². The molecule has 2 fully saturated rings. The van der Waals surface area contributed by atoms with Crippen LogP contribution in [0.1, 0.15) is 39.5 Å². The van der Waals surface area contributed by atoms with Crippen molar-refractivity contribution in [3.8, 4) is 0 Å². The van der Waals surface area contributed by atoms with Gasteiger partial charge in [0.05, 0.1) is 6.10 Å². The lowest BCUT2D eigenvalue weighted by atomic mass is 9.98. The molecular formula is C13H26N2O. The molecule has 2 rings (SSSR count). The molecule has 2 saturated heterocycles. The summed E-state index contributed by atoms with van der Waals surface area (Å²) in [6.07, 6.45) is 5.48. The van der Waals surface area contributed by atoms with Gasteiger partial charge in [0.15, 0.2) is 0 Å². The van der Waals surface area contributed by atoms with Crippen molar-refractivity contribution < 1.29 is 4.74 Å². The maximum absolute atomic E-state index is 5.74. The van der Waals surface area contributed by atoms with E-state index >= 15 is 0 Å². The van der Waals surface area contributed by atoms with Crippen LogP contribution in [0.15, 0.2) is 0 Å². The number of hydrogen-bond acceptors (Lipinski definition) is 3. The fourth-order valence-electron chi connectivity index (χ4n) is 2.79. The predicted molar refractivity (Wildman–Crippen MR) is 66.7 cm³/mol. The van der Waals surface area contributed by atoms with Crippen LogP contribution in [0.25, 0.3) is 0 Å². The Morgan fingerprint density at radius 2 is 2.31 bits per heavy atom. The molecule has 3 heteroatoms.